The van der Waals surface area contributed by atoms with Crippen LogP contribution in [0.4, 0.5) is 5.69 Å². The van der Waals surface area contributed by atoms with Crippen LogP contribution >= 0.6 is 0 Å². The van der Waals surface area contributed by atoms with E-state index in [4.69, 9.17) is 0 Å². The average molecular weight is 315 g/mol. The molecule has 1 N–H and O–H groups in total. The molecule has 0 spiro atoms. The Hall–Kier alpha value is -1.88. The lowest BCUT2D eigenvalue weighted by Crippen LogP contribution is -2.48. The van der Waals surface area contributed by atoms with Crippen LogP contribution in [0.3, 0.4) is 0 Å². The Balaban J connectivity index is 1.61. The predicted octanol–water partition coefficient (Wildman–Crippen LogP) is 2.06. The van der Waals surface area contributed by atoms with Crippen molar-refractivity contribution in [3.63, 3.8) is 0 Å². The number of piperidine rings is 2. The van der Waals surface area contributed by atoms with Crippen LogP contribution in [-0.4, -0.2) is 54.8 Å². The summed E-state index contributed by atoms with van der Waals surface area (Å²) in [4.78, 5) is 27.2. The lowest BCUT2D eigenvalue weighted by molar-refractivity contribution is -0.146. The average Bonchev–Trinajstić information content (AvgIpc) is 2.57. The number of hydrogen-bond acceptors (Lipinski definition) is 4. The monoisotopic (exact) mass is 315 g/mol. The smallest absolute Gasteiger partial charge is 0.251 e. The number of nitrogens with zero attached hydrogens (tertiary/aromatic N) is 2. The second-order valence-corrected chi connectivity index (χ2v) is 6.73. The number of likely N-dealkylation sites (tertiary alicyclic amines) is 2. The first-order chi connectivity index (χ1) is 11.0. The summed E-state index contributed by atoms with van der Waals surface area (Å²) in [5, 5.41) is 3.27. The van der Waals surface area contributed by atoms with Crippen molar-refractivity contribution in [2.24, 2.45) is 0 Å². The number of rotatable bonds is 3. The van der Waals surface area contributed by atoms with E-state index in [2.05, 4.69) is 41.5 Å². The van der Waals surface area contributed by atoms with E-state index in [1.54, 1.807) is 7.05 Å². The molecule has 1 aromatic rings. The van der Waals surface area contributed by atoms with Crippen molar-refractivity contribution in [3.8, 4) is 0 Å². The first kappa shape index (κ1) is 16.0. The third-order valence-corrected chi connectivity index (χ3v) is 5.09. The Morgan fingerprint density at radius 1 is 1.00 bits per heavy atom. The summed E-state index contributed by atoms with van der Waals surface area (Å²) in [6.07, 6.45) is 3.40. The molecule has 1 unspecified atom stereocenters. The molecular formula is C18H25N3O2. The quantitative estimate of drug-likeness (QED) is 0.868. The van der Waals surface area contributed by atoms with Gasteiger partial charge in [-0.1, -0.05) is 12.1 Å². The van der Waals surface area contributed by atoms with Crippen LogP contribution < -0.4 is 5.32 Å². The highest BCUT2D eigenvalue weighted by Crippen LogP contribution is 2.28. The molecule has 0 bridgehead atoms. The number of hydrogen-bond donors (Lipinski definition) is 1. The summed E-state index contributed by atoms with van der Waals surface area (Å²) in [7, 11) is 3.73. The molecular weight excluding hydrogens is 290 g/mol. The maximum absolute atomic E-state index is 12.1. The maximum Gasteiger partial charge on any atom is 0.251 e. The van der Waals surface area contributed by atoms with Gasteiger partial charge in [-0.2, -0.15) is 0 Å². The second-order valence-electron chi connectivity index (χ2n) is 6.73. The Kier molecular flexibility index (Phi) is 4.66. The van der Waals surface area contributed by atoms with Gasteiger partial charge in [0.05, 0.1) is 0 Å². The molecule has 1 aromatic carbocycles. The van der Waals surface area contributed by atoms with Crippen LogP contribution in [0, 0.1) is 0 Å². The Morgan fingerprint density at radius 3 is 2.30 bits per heavy atom. The van der Waals surface area contributed by atoms with E-state index >= 15 is 0 Å². The summed E-state index contributed by atoms with van der Waals surface area (Å²) in [6, 6.07) is 8.14. The van der Waals surface area contributed by atoms with Crippen LogP contribution in [0.5, 0.6) is 0 Å². The minimum atomic E-state index is -0.299. The third-order valence-electron chi connectivity index (χ3n) is 5.09. The zero-order valence-electron chi connectivity index (χ0n) is 13.9. The van der Waals surface area contributed by atoms with Gasteiger partial charge in [-0.3, -0.25) is 14.5 Å². The molecule has 0 saturated carbocycles. The molecule has 0 radical (unpaired) electrons. The molecule has 1 atom stereocenters. The van der Waals surface area contributed by atoms with Crippen LogP contribution in [0.2, 0.25) is 0 Å². The predicted molar refractivity (Wildman–Crippen MR) is 90.3 cm³/mol. The minimum absolute atomic E-state index is 0.0920. The molecule has 5 heteroatoms. The van der Waals surface area contributed by atoms with Gasteiger partial charge in [-0.25, -0.2) is 0 Å². The Labute approximate surface area is 137 Å². The molecule has 2 heterocycles. The van der Waals surface area contributed by atoms with Gasteiger partial charge in [0.1, 0.15) is 6.04 Å². The molecule has 2 fully saturated rings. The van der Waals surface area contributed by atoms with Gasteiger partial charge in [0, 0.05) is 19.2 Å². The molecule has 2 aliphatic rings. The summed E-state index contributed by atoms with van der Waals surface area (Å²) in [5.74, 6) is 0.409. The number of imide groups is 1. The van der Waals surface area contributed by atoms with E-state index in [-0.39, 0.29) is 17.9 Å². The lowest BCUT2D eigenvalue weighted by Gasteiger charge is -2.30. The van der Waals surface area contributed by atoms with Crippen LogP contribution in [0.15, 0.2) is 24.3 Å². The number of benzene rings is 1. The van der Waals surface area contributed by atoms with E-state index in [1.807, 2.05) is 0 Å². The molecule has 0 aliphatic carbocycles. The van der Waals surface area contributed by atoms with Crippen molar-refractivity contribution in [1.29, 1.82) is 0 Å². The second kappa shape index (κ2) is 6.71. The summed E-state index contributed by atoms with van der Waals surface area (Å²) >= 11 is 0. The van der Waals surface area contributed by atoms with Crippen molar-refractivity contribution >= 4 is 17.5 Å². The van der Waals surface area contributed by atoms with E-state index in [9.17, 15) is 9.59 Å². The topological polar surface area (TPSA) is 52.7 Å². The highest BCUT2D eigenvalue weighted by molar-refractivity contribution is 6.01. The molecule has 2 saturated heterocycles. The SMILES string of the molecule is CN1CCC(c2ccc(NC3CCC(=O)N(C)C3=O)cc2)CC1. The van der Waals surface area contributed by atoms with Crippen LogP contribution in [0.1, 0.15) is 37.2 Å². The van der Waals surface area contributed by atoms with Crippen LogP contribution in [0.25, 0.3) is 0 Å². The van der Waals surface area contributed by atoms with Gasteiger partial charge in [0.25, 0.3) is 5.91 Å². The van der Waals surface area contributed by atoms with Gasteiger partial charge in [-0.05, 0) is 63.0 Å². The van der Waals surface area contributed by atoms with Crippen molar-refractivity contribution in [2.75, 3.05) is 32.5 Å². The summed E-state index contributed by atoms with van der Waals surface area (Å²) < 4.78 is 0. The number of anilines is 1. The number of nitrogens with one attached hydrogen (secondary N) is 1. The van der Waals surface area contributed by atoms with E-state index < -0.39 is 0 Å². The van der Waals surface area contributed by atoms with E-state index in [1.165, 1.54) is 23.3 Å². The standard InChI is InChI=1S/C18H25N3O2/c1-20-11-9-14(10-12-20)13-3-5-15(6-4-13)19-16-7-8-17(22)21(2)18(16)23/h3-6,14,16,19H,7-12H2,1-2H3. The minimum Gasteiger partial charge on any atom is -0.374 e. The zero-order chi connectivity index (χ0) is 16.4. The summed E-state index contributed by atoms with van der Waals surface area (Å²) in [6.45, 7) is 2.31. The van der Waals surface area contributed by atoms with E-state index in [0.717, 1.165) is 18.8 Å². The van der Waals surface area contributed by atoms with Gasteiger partial charge in [-0.15, -0.1) is 0 Å². The molecule has 0 aromatic heterocycles. The third kappa shape index (κ3) is 3.55. The van der Waals surface area contributed by atoms with Gasteiger partial charge >= 0.3 is 0 Å². The largest absolute Gasteiger partial charge is 0.374 e. The zero-order valence-corrected chi connectivity index (χ0v) is 13.9. The van der Waals surface area contributed by atoms with Crippen molar-refractivity contribution in [1.82, 2.24) is 9.80 Å². The maximum atomic E-state index is 12.1. The highest BCUT2D eigenvalue weighted by atomic mass is 16.2. The fraction of sp³-hybridized carbons (Fsp3) is 0.556. The first-order valence-electron chi connectivity index (χ1n) is 8.40. The number of amides is 2. The van der Waals surface area contributed by atoms with E-state index in [0.29, 0.717) is 18.8 Å². The van der Waals surface area contributed by atoms with Crippen molar-refractivity contribution < 1.29 is 9.59 Å². The van der Waals surface area contributed by atoms with Crippen molar-refractivity contribution in [3.05, 3.63) is 29.8 Å². The molecule has 5 nitrogen and oxygen atoms in total. The summed E-state index contributed by atoms with van der Waals surface area (Å²) in [5.41, 5.74) is 2.33. The fourth-order valence-electron chi connectivity index (χ4n) is 3.44. The molecule has 124 valence electrons. The molecule has 2 amide bonds. The molecule has 3 rings (SSSR count). The molecule has 2 aliphatic heterocycles. The fourth-order valence-corrected chi connectivity index (χ4v) is 3.44. The molecule has 23 heavy (non-hydrogen) atoms. The first-order valence-corrected chi connectivity index (χ1v) is 8.40. The van der Waals surface area contributed by atoms with Crippen molar-refractivity contribution in [2.45, 2.75) is 37.6 Å². The van der Waals surface area contributed by atoms with Gasteiger partial charge in [0.15, 0.2) is 0 Å². The number of carbonyl (C=O) groups excluding carboxylic acids is 2. The number of likely N-dealkylation sites (N-methyl/N-ethyl adjacent to an activating group) is 1. The highest BCUT2D eigenvalue weighted by Gasteiger charge is 2.31. The van der Waals surface area contributed by atoms with Gasteiger partial charge in [0.2, 0.25) is 5.91 Å². The Bertz CT molecular complexity index is 576. The van der Waals surface area contributed by atoms with Gasteiger partial charge < -0.3 is 10.2 Å². The lowest BCUT2D eigenvalue weighted by atomic mass is 9.89. The Morgan fingerprint density at radius 2 is 1.65 bits per heavy atom. The van der Waals surface area contributed by atoms with Crippen LogP contribution in [-0.2, 0) is 9.59 Å². The normalized spacial score (nSPS) is 24.1. The number of carbonyl (C=O) groups is 2.